The van der Waals surface area contributed by atoms with Gasteiger partial charge >= 0.3 is 0 Å². The van der Waals surface area contributed by atoms with Crippen molar-refractivity contribution in [3.05, 3.63) is 70.5 Å². The maximum Gasteiger partial charge on any atom is 0.224 e. The minimum absolute atomic E-state index is 0.0510. The Balaban J connectivity index is 1.63. The molecule has 0 bridgehead atoms. The van der Waals surface area contributed by atoms with Crippen LogP contribution in [0.1, 0.15) is 11.1 Å². The van der Waals surface area contributed by atoms with Crippen molar-refractivity contribution in [3.8, 4) is 0 Å². The molecule has 2 nitrogen and oxygen atoms in total. The van der Waals surface area contributed by atoms with Crippen molar-refractivity contribution in [1.29, 1.82) is 0 Å². The van der Waals surface area contributed by atoms with Crippen LogP contribution in [0.25, 0.3) is 0 Å². The van der Waals surface area contributed by atoms with Gasteiger partial charge in [0.2, 0.25) is 5.91 Å². The molecule has 1 amide bonds. The van der Waals surface area contributed by atoms with E-state index in [1.807, 2.05) is 24.3 Å². The van der Waals surface area contributed by atoms with Gasteiger partial charge in [0.25, 0.3) is 0 Å². The first-order valence-electron chi connectivity index (χ1n) is 6.97. The van der Waals surface area contributed by atoms with Crippen LogP contribution in [0.3, 0.4) is 0 Å². The fourth-order valence-corrected chi connectivity index (χ4v) is 3.05. The van der Waals surface area contributed by atoms with Crippen LogP contribution in [0, 0.1) is 5.82 Å². The molecule has 0 fully saturated rings. The predicted molar refractivity (Wildman–Crippen MR) is 90.7 cm³/mol. The van der Waals surface area contributed by atoms with E-state index < -0.39 is 0 Å². The Labute approximate surface area is 139 Å². The minimum atomic E-state index is -0.292. The summed E-state index contributed by atoms with van der Waals surface area (Å²) in [6.45, 7) is 0.606. The van der Waals surface area contributed by atoms with Crippen LogP contribution >= 0.6 is 23.4 Å². The molecule has 0 aliphatic carbocycles. The Morgan fingerprint density at radius 2 is 1.86 bits per heavy atom. The van der Waals surface area contributed by atoms with Gasteiger partial charge in [0.1, 0.15) is 5.82 Å². The van der Waals surface area contributed by atoms with Gasteiger partial charge in [-0.15, -0.1) is 0 Å². The Kier molecular flexibility index (Phi) is 6.74. The first kappa shape index (κ1) is 16.8. The zero-order valence-corrected chi connectivity index (χ0v) is 13.6. The molecule has 0 saturated carbocycles. The summed E-state index contributed by atoms with van der Waals surface area (Å²) in [5.74, 6) is 1.30. The predicted octanol–water partition coefficient (Wildman–Crippen LogP) is 4.07. The highest BCUT2D eigenvalue weighted by atomic mass is 35.5. The molecular formula is C17H17ClFNOS. The lowest BCUT2D eigenvalue weighted by Crippen LogP contribution is -2.27. The topological polar surface area (TPSA) is 29.1 Å². The number of hydrogen-bond acceptors (Lipinski definition) is 2. The smallest absolute Gasteiger partial charge is 0.224 e. The van der Waals surface area contributed by atoms with E-state index >= 15 is 0 Å². The van der Waals surface area contributed by atoms with Gasteiger partial charge in [0.05, 0.1) is 6.42 Å². The van der Waals surface area contributed by atoms with Gasteiger partial charge < -0.3 is 5.32 Å². The third kappa shape index (κ3) is 5.70. The van der Waals surface area contributed by atoms with E-state index in [2.05, 4.69) is 5.32 Å². The number of amides is 1. The molecule has 22 heavy (non-hydrogen) atoms. The molecule has 2 aromatic rings. The van der Waals surface area contributed by atoms with Crippen molar-refractivity contribution in [2.24, 2.45) is 0 Å². The van der Waals surface area contributed by atoms with Crippen LogP contribution in [-0.4, -0.2) is 18.2 Å². The van der Waals surface area contributed by atoms with E-state index in [-0.39, 0.29) is 18.1 Å². The molecule has 0 radical (unpaired) electrons. The number of rotatable bonds is 7. The van der Waals surface area contributed by atoms with Crippen LogP contribution < -0.4 is 5.32 Å². The largest absolute Gasteiger partial charge is 0.355 e. The van der Waals surface area contributed by atoms with E-state index in [4.69, 9.17) is 11.6 Å². The first-order chi connectivity index (χ1) is 10.6. The summed E-state index contributed by atoms with van der Waals surface area (Å²) < 4.78 is 12.8. The van der Waals surface area contributed by atoms with Crippen LogP contribution in [0.15, 0.2) is 48.5 Å². The number of hydrogen-bond donors (Lipinski definition) is 1. The highest BCUT2D eigenvalue weighted by Crippen LogP contribution is 2.20. The highest BCUT2D eigenvalue weighted by Gasteiger charge is 2.03. The summed E-state index contributed by atoms with van der Waals surface area (Å²) in [6.07, 6.45) is 0.273. The number of carbonyl (C=O) groups excluding carboxylic acids is 1. The Morgan fingerprint density at radius 3 is 2.59 bits per heavy atom. The lowest BCUT2D eigenvalue weighted by atomic mass is 10.1. The van der Waals surface area contributed by atoms with Crippen LogP contribution in [0.2, 0.25) is 5.02 Å². The fourth-order valence-electron chi connectivity index (χ4n) is 1.91. The van der Waals surface area contributed by atoms with Gasteiger partial charge in [-0.05, 0) is 29.3 Å². The maximum absolute atomic E-state index is 12.8. The number of halogens is 2. The number of thioether (sulfide) groups is 1. The number of benzene rings is 2. The third-order valence-corrected chi connectivity index (χ3v) is 4.44. The molecule has 0 aromatic heterocycles. The van der Waals surface area contributed by atoms with Gasteiger partial charge in [0.15, 0.2) is 0 Å². The monoisotopic (exact) mass is 337 g/mol. The summed E-state index contributed by atoms with van der Waals surface area (Å²) in [4.78, 5) is 11.7. The minimum Gasteiger partial charge on any atom is -0.355 e. The third-order valence-electron chi connectivity index (χ3n) is 3.06. The van der Waals surface area contributed by atoms with Gasteiger partial charge in [0, 0.05) is 23.1 Å². The van der Waals surface area contributed by atoms with Crippen molar-refractivity contribution >= 4 is 29.3 Å². The average molecular weight is 338 g/mol. The molecule has 5 heteroatoms. The van der Waals surface area contributed by atoms with Crippen molar-refractivity contribution in [2.45, 2.75) is 12.2 Å². The van der Waals surface area contributed by atoms with E-state index in [9.17, 15) is 9.18 Å². The highest BCUT2D eigenvalue weighted by molar-refractivity contribution is 7.98. The number of nitrogens with one attached hydrogen (secondary N) is 1. The zero-order chi connectivity index (χ0) is 15.8. The Morgan fingerprint density at radius 1 is 1.14 bits per heavy atom. The van der Waals surface area contributed by atoms with E-state index in [1.165, 1.54) is 12.1 Å². The lowest BCUT2D eigenvalue weighted by molar-refractivity contribution is -0.120. The molecule has 0 aliphatic heterocycles. The molecule has 2 rings (SSSR count). The quantitative estimate of drug-likeness (QED) is 0.772. The SMILES string of the molecule is O=C(Cc1ccc(F)cc1)NCCSCc1ccccc1Cl. The van der Waals surface area contributed by atoms with E-state index in [1.54, 1.807) is 23.9 Å². The Bertz CT molecular complexity index is 618. The van der Waals surface area contributed by atoms with Crippen molar-refractivity contribution in [1.82, 2.24) is 5.32 Å². The van der Waals surface area contributed by atoms with E-state index in [0.717, 1.165) is 27.7 Å². The van der Waals surface area contributed by atoms with Crippen molar-refractivity contribution < 1.29 is 9.18 Å². The lowest BCUT2D eigenvalue weighted by Gasteiger charge is -2.06. The molecule has 0 heterocycles. The normalized spacial score (nSPS) is 10.5. The molecule has 116 valence electrons. The van der Waals surface area contributed by atoms with Gasteiger partial charge in [-0.25, -0.2) is 4.39 Å². The zero-order valence-electron chi connectivity index (χ0n) is 12.0. The van der Waals surface area contributed by atoms with Gasteiger partial charge in [-0.1, -0.05) is 41.9 Å². The van der Waals surface area contributed by atoms with Crippen LogP contribution in [0.5, 0.6) is 0 Å². The number of carbonyl (C=O) groups is 1. The average Bonchev–Trinajstić information content (AvgIpc) is 2.51. The van der Waals surface area contributed by atoms with Gasteiger partial charge in [-0.2, -0.15) is 11.8 Å². The molecule has 0 atom stereocenters. The fraction of sp³-hybridized carbons (Fsp3) is 0.235. The second-order valence-electron chi connectivity index (χ2n) is 4.80. The second kappa shape index (κ2) is 8.81. The summed E-state index contributed by atoms with van der Waals surface area (Å²) in [5.41, 5.74) is 1.91. The molecule has 1 N–H and O–H groups in total. The molecule has 0 saturated heterocycles. The molecule has 0 spiro atoms. The molecule has 2 aromatic carbocycles. The molecule has 0 aliphatic rings. The molecular weight excluding hydrogens is 321 g/mol. The second-order valence-corrected chi connectivity index (χ2v) is 6.31. The van der Waals surface area contributed by atoms with E-state index in [0.29, 0.717) is 6.54 Å². The van der Waals surface area contributed by atoms with Crippen LogP contribution in [0.4, 0.5) is 4.39 Å². The van der Waals surface area contributed by atoms with Crippen LogP contribution in [-0.2, 0) is 17.0 Å². The first-order valence-corrected chi connectivity index (χ1v) is 8.51. The maximum atomic E-state index is 12.8. The standard InChI is InChI=1S/C17H17ClFNOS/c18-16-4-2-1-3-14(16)12-22-10-9-20-17(21)11-13-5-7-15(19)8-6-13/h1-8H,9-12H2,(H,20,21). The summed E-state index contributed by atoms with van der Waals surface area (Å²) in [6, 6.07) is 13.7. The van der Waals surface area contributed by atoms with Crippen molar-refractivity contribution in [3.63, 3.8) is 0 Å². The summed E-state index contributed by atoms with van der Waals surface area (Å²) in [5, 5.41) is 3.63. The summed E-state index contributed by atoms with van der Waals surface area (Å²) in [7, 11) is 0. The Hall–Kier alpha value is -1.52. The molecule has 0 unspecified atom stereocenters. The summed E-state index contributed by atoms with van der Waals surface area (Å²) >= 11 is 7.80. The van der Waals surface area contributed by atoms with Gasteiger partial charge in [-0.3, -0.25) is 4.79 Å². The van der Waals surface area contributed by atoms with Crippen molar-refractivity contribution in [2.75, 3.05) is 12.3 Å².